The topological polar surface area (TPSA) is 46.6 Å². The third-order valence-corrected chi connectivity index (χ3v) is 4.48. The number of hydrogen-bond acceptors (Lipinski definition) is 3. The highest BCUT2D eigenvalue weighted by molar-refractivity contribution is 6.32. The van der Waals surface area contributed by atoms with Gasteiger partial charge in [-0.3, -0.25) is 4.79 Å². The largest absolute Gasteiger partial charge is 0.459 e. The van der Waals surface area contributed by atoms with Crippen LogP contribution in [0.1, 0.15) is 35.2 Å². The molecule has 0 N–H and O–H groups in total. The second kappa shape index (κ2) is 6.87. The lowest BCUT2D eigenvalue weighted by Crippen LogP contribution is -2.44. The molecule has 3 rings (SSSR count). The summed E-state index contributed by atoms with van der Waals surface area (Å²) in [6, 6.07) is 15.8. The van der Waals surface area contributed by atoms with Crippen molar-refractivity contribution in [2.75, 3.05) is 13.2 Å². The average Bonchev–Trinajstić information content (AvgIpc) is 2.61. The second-order valence-corrected chi connectivity index (χ2v) is 5.93. The van der Waals surface area contributed by atoms with Crippen LogP contribution in [0, 0.1) is 6.92 Å². The van der Waals surface area contributed by atoms with Crippen LogP contribution in [-0.2, 0) is 20.7 Å². The molecule has 1 heterocycles. The van der Waals surface area contributed by atoms with E-state index in [9.17, 15) is 9.59 Å². The highest BCUT2D eigenvalue weighted by atomic mass is 16.5. The van der Waals surface area contributed by atoms with Gasteiger partial charge in [-0.1, -0.05) is 48.5 Å². The Kier molecular flexibility index (Phi) is 4.65. The molecule has 124 valence electrons. The molecule has 1 aliphatic rings. The van der Waals surface area contributed by atoms with Gasteiger partial charge in [0.25, 0.3) is 0 Å². The van der Waals surface area contributed by atoms with Crippen molar-refractivity contribution in [3.05, 3.63) is 70.8 Å². The third kappa shape index (κ3) is 2.92. The lowest BCUT2D eigenvalue weighted by molar-refractivity contribution is -0.161. The first kappa shape index (κ1) is 16.2. The summed E-state index contributed by atoms with van der Waals surface area (Å²) in [6.45, 7) is 4.44. The van der Waals surface area contributed by atoms with Gasteiger partial charge in [0.05, 0.1) is 12.6 Å². The molecule has 1 aliphatic heterocycles. The summed E-state index contributed by atoms with van der Waals surface area (Å²) in [6.07, 6.45) is 0.740. The Morgan fingerprint density at radius 2 is 1.75 bits per heavy atom. The van der Waals surface area contributed by atoms with Gasteiger partial charge in [0.1, 0.15) is 0 Å². The number of aryl methyl sites for hydroxylation is 1. The van der Waals surface area contributed by atoms with Gasteiger partial charge in [-0.2, -0.15) is 0 Å². The monoisotopic (exact) mass is 323 g/mol. The van der Waals surface area contributed by atoms with Gasteiger partial charge in [-0.25, -0.2) is 4.79 Å². The maximum absolute atomic E-state index is 12.6. The normalized spacial score (nSPS) is 16.4. The second-order valence-electron chi connectivity index (χ2n) is 5.93. The molecule has 4 heteroatoms. The van der Waals surface area contributed by atoms with Crippen molar-refractivity contribution in [1.82, 2.24) is 4.90 Å². The minimum absolute atomic E-state index is 0.198. The Balaban J connectivity index is 2.08. The molecular formula is C20H21NO3. The van der Waals surface area contributed by atoms with Crippen LogP contribution in [0.15, 0.2) is 48.5 Å². The summed E-state index contributed by atoms with van der Waals surface area (Å²) in [5, 5.41) is 0. The van der Waals surface area contributed by atoms with Crippen molar-refractivity contribution < 1.29 is 14.3 Å². The average molecular weight is 323 g/mol. The number of benzene rings is 2. The molecule has 1 atom stereocenters. The molecule has 0 fully saturated rings. The Labute approximate surface area is 142 Å². The van der Waals surface area contributed by atoms with E-state index in [-0.39, 0.29) is 12.6 Å². The predicted octanol–water partition coefficient (Wildman–Crippen LogP) is 3.03. The number of nitrogens with zero attached hydrogens (tertiary/aromatic N) is 1. The number of fused-ring (bicyclic) bond motifs is 1. The van der Waals surface area contributed by atoms with E-state index in [0.29, 0.717) is 6.54 Å². The van der Waals surface area contributed by atoms with E-state index in [0.717, 1.165) is 23.1 Å². The molecular weight excluding hydrogens is 302 g/mol. The van der Waals surface area contributed by atoms with Gasteiger partial charge in [-0.15, -0.1) is 0 Å². The number of esters is 1. The van der Waals surface area contributed by atoms with E-state index in [1.54, 1.807) is 11.8 Å². The van der Waals surface area contributed by atoms with Gasteiger partial charge in [0, 0.05) is 6.54 Å². The van der Waals surface area contributed by atoms with Gasteiger partial charge >= 0.3 is 11.9 Å². The zero-order valence-corrected chi connectivity index (χ0v) is 14.0. The highest BCUT2D eigenvalue weighted by Crippen LogP contribution is 2.36. The van der Waals surface area contributed by atoms with Crippen molar-refractivity contribution in [3.63, 3.8) is 0 Å². The maximum Gasteiger partial charge on any atom is 0.397 e. The molecule has 0 saturated heterocycles. The number of ether oxygens (including phenoxy) is 1. The van der Waals surface area contributed by atoms with Crippen LogP contribution < -0.4 is 0 Å². The van der Waals surface area contributed by atoms with Crippen molar-refractivity contribution >= 4 is 11.9 Å². The molecule has 2 aromatic rings. The van der Waals surface area contributed by atoms with E-state index in [1.165, 1.54) is 5.56 Å². The minimum atomic E-state index is -0.782. The first-order valence-corrected chi connectivity index (χ1v) is 8.24. The number of carbonyl (C=O) groups is 2. The zero-order chi connectivity index (χ0) is 17.1. The molecule has 0 saturated carbocycles. The summed E-state index contributed by atoms with van der Waals surface area (Å²) >= 11 is 0. The van der Waals surface area contributed by atoms with Crippen LogP contribution in [0.5, 0.6) is 0 Å². The first-order chi connectivity index (χ1) is 11.6. The van der Waals surface area contributed by atoms with Gasteiger partial charge in [0.2, 0.25) is 0 Å². The maximum atomic E-state index is 12.6. The fraction of sp³-hybridized carbons (Fsp3) is 0.300. The van der Waals surface area contributed by atoms with Crippen molar-refractivity contribution in [2.24, 2.45) is 0 Å². The SMILES string of the molecule is CCOC(=O)C(=O)N1CCc2ccccc2C1c1ccccc1C. The standard InChI is InChI=1S/C20H21NO3/c1-3-24-20(23)19(22)21-13-12-15-9-5-7-11-17(15)18(21)16-10-6-4-8-14(16)2/h4-11,18H,3,12-13H2,1-2H3. The first-order valence-electron chi connectivity index (χ1n) is 8.24. The quantitative estimate of drug-likeness (QED) is 0.630. The number of amides is 1. The summed E-state index contributed by atoms with van der Waals surface area (Å²) in [5.74, 6) is -1.35. The van der Waals surface area contributed by atoms with Gasteiger partial charge in [0.15, 0.2) is 0 Å². The zero-order valence-electron chi connectivity index (χ0n) is 14.0. The summed E-state index contributed by atoms with van der Waals surface area (Å²) in [5.41, 5.74) is 4.44. The van der Waals surface area contributed by atoms with E-state index in [2.05, 4.69) is 6.07 Å². The molecule has 1 amide bonds. The summed E-state index contributed by atoms with van der Waals surface area (Å²) in [7, 11) is 0. The fourth-order valence-electron chi connectivity index (χ4n) is 3.32. The highest BCUT2D eigenvalue weighted by Gasteiger charge is 2.35. The van der Waals surface area contributed by atoms with E-state index in [4.69, 9.17) is 4.74 Å². The molecule has 0 aliphatic carbocycles. The van der Waals surface area contributed by atoms with Gasteiger partial charge < -0.3 is 9.64 Å². The van der Waals surface area contributed by atoms with Crippen LogP contribution in [-0.4, -0.2) is 29.9 Å². The van der Waals surface area contributed by atoms with Crippen LogP contribution in [0.2, 0.25) is 0 Å². The molecule has 0 bridgehead atoms. The Morgan fingerprint density at radius 1 is 1.08 bits per heavy atom. The third-order valence-electron chi connectivity index (χ3n) is 4.48. The lowest BCUT2D eigenvalue weighted by atomic mass is 9.86. The molecule has 24 heavy (non-hydrogen) atoms. The molecule has 0 radical (unpaired) electrons. The molecule has 2 aromatic carbocycles. The Morgan fingerprint density at radius 3 is 2.46 bits per heavy atom. The van der Waals surface area contributed by atoms with E-state index in [1.807, 2.05) is 49.4 Å². The van der Waals surface area contributed by atoms with E-state index >= 15 is 0 Å². The van der Waals surface area contributed by atoms with Crippen LogP contribution in [0.4, 0.5) is 0 Å². The Bertz CT molecular complexity index is 769. The molecule has 0 aromatic heterocycles. The minimum Gasteiger partial charge on any atom is -0.459 e. The summed E-state index contributed by atoms with van der Waals surface area (Å²) in [4.78, 5) is 26.3. The predicted molar refractivity (Wildman–Crippen MR) is 91.5 cm³/mol. The van der Waals surface area contributed by atoms with Crippen molar-refractivity contribution in [2.45, 2.75) is 26.3 Å². The van der Waals surface area contributed by atoms with E-state index < -0.39 is 11.9 Å². The molecule has 4 nitrogen and oxygen atoms in total. The molecule has 1 unspecified atom stereocenters. The smallest absolute Gasteiger partial charge is 0.397 e. The van der Waals surface area contributed by atoms with Crippen molar-refractivity contribution in [3.8, 4) is 0 Å². The Hall–Kier alpha value is -2.62. The number of carbonyl (C=O) groups excluding carboxylic acids is 2. The van der Waals surface area contributed by atoms with Gasteiger partial charge in [-0.05, 0) is 42.5 Å². The number of rotatable bonds is 2. The number of hydrogen-bond donors (Lipinski definition) is 0. The fourth-order valence-corrected chi connectivity index (χ4v) is 3.32. The summed E-state index contributed by atoms with van der Waals surface area (Å²) < 4.78 is 4.93. The van der Waals surface area contributed by atoms with Crippen molar-refractivity contribution in [1.29, 1.82) is 0 Å². The molecule has 0 spiro atoms. The van der Waals surface area contributed by atoms with Crippen LogP contribution in [0.3, 0.4) is 0 Å². The van der Waals surface area contributed by atoms with Crippen LogP contribution in [0.25, 0.3) is 0 Å². The lowest BCUT2D eigenvalue weighted by Gasteiger charge is -2.37. The van der Waals surface area contributed by atoms with Crippen LogP contribution >= 0.6 is 0 Å².